The number of benzene rings is 2. The number of nitrogens with one attached hydrogen (secondary N) is 2. The minimum atomic E-state index is -0.286. The highest BCUT2D eigenvalue weighted by atomic mass is 19.1. The van der Waals surface area contributed by atoms with E-state index in [9.17, 15) is 9.18 Å². The maximum atomic E-state index is 13.0. The van der Waals surface area contributed by atoms with Crippen LogP contribution in [-0.4, -0.2) is 49.6 Å². The summed E-state index contributed by atoms with van der Waals surface area (Å²) in [7, 11) is 1.71. The Labute approximate surface area is 183 Å². The summed E-state index contributed by atoms with van der Waals surface area (Å²) in [5.74, 6) is 1.11. The number of carbonyl (C=O) groups excluding carboxylic acids is 1. The van der Waals surface area contributed by atoms with Crippen LogP contribution in [0.2, 0.25) is 0 Å². The highest BCUT2D eigenvalue weighted by Crippen LogP contribution is 2.14. The van der Waals surface area contributed by atoms with Gasteiger partial charge in [0.2, 0.25) is 0 Å². The van der Waals surface area contributed by atoms with Gasteiger partial charge in [0.15, 0.2) is 5.96 Å². The average Bonchev–Trinajstić information content (AvgIpc) is 2.81. The van der Waals surface area contributed by atoms with Crippen molar-refractivity contribution in [3.63, 3.8) is 0 Å². The monoisotopic (exact) mass is 426 g/mol. The minimum absolute atomic E-state index is 0.117. The maximum Gasteiger partial charge on any atom is 0.253 e. The van der Waals surface area contributed by atoms with Crippen LogP contribution in [0.4, 0.5) is 4.39 Å². The van der Waals surface area contributed by atoms with E-state index in [4.69, 9.17) is 4.74 Å². The molecule has 1 unspecified atom stereocenters. The number of aliphatic imine (C=N–C) groups is 1. The van der Waals surface area contributed by atoms with Gasteiger partial charge < -0.3 is 20.3 Å². The number of halogens is 1. The van der Waals surface area contributed by atoms with E-state index >= 15 is 0 Å². The second kappa shape index (κ2) is 11.3. The smallest absolute Gasteiger partial charge is 0.253 e. The second-order valence-electron chi connectivity index (χ2n) is 7.74. The lowest BCUT2D eigenvalue weighted by Crippen LogP contribution is -2.41. The molecule has 6 nitrogen and oxygen atoms in total. The molecule has 2 aromatic carbocycles. The van der Waals surface area contributed by atoms with Crippen molar-refractivity contribution < 1.29 is 13.9 Å². The molecule has 1 heterocycles. The van der Waals surface area contributed by atoms with Crippen LogP contribution in [0.5, 0.6) is 5.75 Å². The molecule has 0 radical (unpaired) electrons. The van der Waals surface area contributed by atoms with Crippen LogP contribution < -0.4 is 15.4 Å². The number of ether oxygens (including phenoxy) is 1. The van der Waals surface area contributed by atoms with Crippen molar-refractivity contribution in [2.75, 3.05) is 26.7 Å². The van der Waals surface area contributed by atoms with E-state index in [-0.39, 0.29) is 17.8 Å². The molecule has 0 aliphatic carbocycles. The predicted molar refractivity (Wildman–Crippen MR) is 121 cm³/mol. The molecular weight excluding hydrogens is 395 g/mol. The largest absolute Gasteiger partial charge is 0.489 e. The highest BCUT2D eigenvalue weighted by molar-refractivity contribution is 5.94. The Morgan fingerprint density at radius 3 is 2.39 bits per heavy atom. The molecule has 0 saturated carbocycles. The normalized spacial score (nSPS) is 15.3. The van der Waals surface area contributed by atoms with Crippen LogP contribution in [0.3, 0.4) is 0 Å². The second-order valence-corrected chi connectivity index (χ2v) is 7.74. The standard InChI is InChI=1S/C24H31FN4O2/c1-18(31-22-12-10-21(25)11-13-22)16-27-24(26-2)28-17-19-6-8-20(9-7-19)23(30)29-14-4-3-5-15-29/h6-13,18H,3-5,14-17H2,1-2H3,(H2,26,27,28). The van der Waals surface area contributed by atoms with Crippen molar-refractivity contribution in [3.8, 4) is 5.75 Å². The van der Waals surface area contributed by atoms with Crippen molar-refractivity contribution in [2.24, 2.45) is 4.99 Å². The molecule has 1 fully saturated rings. The zero-order valence-corrected chi connectivity index (χ0v) is 18.2. The summed E-state index contributed by atoms with van der Waals surface area (Å²) in [6.07, 6.45) is 3.27. The Kier molecular flexibility index (Phi) is 8.27. The first-order chi connectivity index (χ1) is 15.0. The number of rotatable bonds is 7. The van der Waals surface area contributed by atoms with Gasteiger partial charge in [0, 0.05) is 32.2 Å². The molecule has 166 valence electrons. The fraction of sp³-hybridized carbons (Fsp3) is 0.417. The molecule has 7 heteroatoms. The van der Waals surface area contributed by atoms with Gasteiger partial charge in [0.05, 0.1) is 6.54 Å². The van der Waals surface area contributed by atoms with E-state index in [0.717, 1.165) is 37.1 Å². The van der Waals surface area contributed by atoms with Crippen LogP contribution in [0, 0.1) is 5.82 Å². The topological polar surface area (TPSA) is 66.0 Å². The predicted octanol–water partition coefficient (Wildman–Crippen LogP) is 3.58. The van der Waals surface area contributed by atoms with Crippen molar-refractivity contribution in [2.45, 2.75) is 38.8 Å². The number of amides is 1. The maximum absolute atomic E-state index is 13.0. The molecule has 2 aromatic rings. The molecular formula is C24H31FN4O2. The number of likely N-dealkylation sites (tertiary alicyclic amines) is 1. The van der Waals surface area contributed by atoms with E-state index in [1.165, 1.54) is 18.6 Å². The lowest BCUT2D eigenvalue weighted by Gasteiger charge is -2.26. The first kappa shape index (κ1) is 22.6. The van der Waals surface area contributed by atoms with Crippen molar-refractivity contribution in [3.05, 3.63) is 65.5 Å². The summed E-state index contributed by atoms with van der Waals surface area (Å²) in [5, 5.41) is 6.49. The van der Waals surface area contributed by atoms with E-state index in [0.29, 0.717) is 24.8 Å². The first-order valence-corrected chi connectivity index (χ1v) is 10.8. The van der Waals surface area contributed by atoms with E-state index < -0.39 is 0 Å². The van der Waals surface area contributed by atoms with Gasteiger partial charge in [-0.05, 0) is 68.1 Å². The molecule has 1 atom stereocenters. The number of hydrogen-bond acceptors (Lipinski definition) is 3. The number of hydrogen-bond donors (Lipinski definition) is 2. The Morgan fingerprint density at radius 1 is 1.06 bits per heavy atom. The Hall–Kier alpha value is -3.09. The fourth-order valence-corrected chi connectivity index (χ4v) is 3.48. The summed E-state index contributed by atoms with van der Waals surface area (Å²) in [5.41, 5.74) is 1.80. The SMILES string of the molecule is CN=C(NCc1ccc(C(=O)N2CCCCC2)cc1)NCC(C)Oc1ccc(F)cc1. The average molecular weight is 427 g/mol. The highest BCUT2D eigenvalue weighted by Gasteiger charge is 2.17. The molecule has 1 amide bonds. The number of piperidine rings is 1. The summed E-state index contributed by atoms with van der Waals surface area (Å²) in [4.78, 5) is 18.7. The summed E-state index contributed by atoms with van der Waals surface area (Å²) in [6.45, 7) is 4.77. The number of nitrogens with zero attached hydrogens (tertiary/aromatic N) is 2. The zero-order chi connectivity index (χ0) is 22.1. The Morgan fingerprint density at radius 2 is 1.74 bits per heavy atom. The van der Waals surface area contributed by atoms with Gasteiger partial charge in [-0.3, -0.25) is 9.79 Å². The van der Waals surface area contributed by atoms with Crippen LogP contribution in [0.15, 0.2) is 53.5 Å². The van der Waals surface area contributed by atoms with E-state index in [1.807, 2.05) is 36.1 Å². The molecule has 1 saturated heterocycles. The molecule has 0 spiro atoms. The van der Waals surface area contributed by atoms with Gasteiger partial charge in [-0.25, -0.2) is 4.39 Å². The Bertz CT molecular complexity index is 862. The lowest BCUT2D eigenvalue weighted by atomic mass is 10.1. The third kappa shape index (κ3) is 6.98. The number of guanidine groups is 1. The van der Waals surface area contributed by atoms with Gasteiger partial charge in [-0.1, -0.05) is 12.1 Å². The Balaban J connectivity index is 1.43. The minimum Gasteiger partial charge on any atom is -0.489 e. The summed E-state index contributed by atoms with van der Waals surface area (Å²) < 4.78 is 18.7. The van der Waals surface area contributed by atoms with Crippen molar-refractivity contribution in [1.29, 1.82) is 0 Å². The van der Waals surface area contributed by atoms with E-state index in [2.05, 4.69) is 15.6 Å². The molecule has 2 N–H and O–H groups in total. The molecule has 0 bridgehead atoms. The lowest BCUT2D eigenvalue weighted by molar-refractivity contribution is 0.0724. The third-order valence-electron chi connectivity index (χ3n) is 5.24. The van der Waals surface area contributed by atoms with E-state index in [1.54, 1.807) is 19.2 Å². The molecule has 31 heavy (non-hydrogen) atoms. The fourth-order valence-electron chi connectivity index (χ4n) is 3.48. The van der Waals surface area contributed by atoms with Gasteiger partial charge >= 0.3 is 0 Å². The van der Waals surface area contributed by atoms with Gasteiger partial charge in [0.25, 0.3) is 5.91 Å². The molecule has 1 aliphatic heterocycles. The third-order valence-corrected chi connectivity index (χ3v) is 5.24. The van der Waals surface area contributed by atoms with Gasteiger partial charge in [-0.2, -0.15) is 0 Å². The summed E-state index contributed by atoms with van der Waals surface area (Å²) in [6, 6.07) is 13.7. The van der Waals surface area contributed by atoms with Crippen molar-refractivity contribution >= 4 is 11.9 Å². The van der Waals surface area contributed by atoms with Crippen LogP contribution in [0.25, 0.3) is 0 Å². The first-order valence-electron chi connectivity index (χ1n) is 10.8. The van der Waals surface area contributed by atoms with Crippen LogP contribution >= 0.6 is 0 Å². The molecule has 1 aliphatic rings. The summed E-state index contributed by atoms with van der Waals surface area (Å²) >= 11 is 0. The zero-order valence-electron chi connectivity index (χ0n) is 18.2. The van der Waals surface area contributed by atoms with Crippen molar-refractivity contribution in [1.82, 2.24) is 15.5 Å². The molecule has 0 aromatic heterocycles. The molecule has 3 rings (SSSR count). The van der Waals surface area contributed by atoms with Gasteiger partial charge in [0.1, 0.15) is 17.7 Å². The quantitative estimate of drug-likeness (QED) is 0.525. The van der Waals surface area contributed by atoms with Crippen LogP contribution in [-0.2, 0) is 6.54 Å². The van der Waals surface area contributed by atoms with Crippen LogP contribution in [0.1, 0.15) is 42.1 Å². The number of carbonyl (C=O) groups is 1. The van der Waals surface area contributed by atoms with Gasteiger partial charge in [-0.15, -0.1) is 0 Å².